The third-order valence-corrected chi connectivity index (χ3v) is 2.95. The summed E-state index contributed by atoms with van der Waals surface area (Å²) in [5.74, 6) is -0.283. The summed E-state index contributed by atoms with van der Waals surface area (Å²) in [6, 6.07) is 0. The summed E-state index contributed by atoms with van der Waals surface area (Å²) in [6.07, 6.45) is 1.62. The molecule has 2 saturated heterocycles. The standard InChI is InChI=1S/C10H19NO3/c1-9(12)8-11-4-2-10(3-5-11)13-6-7-14-10/h9,12H,2-8H2,1H3. The topological polar surface area (TPSA) is 41.9 Å². The summed E-state index contributed by atoms with van der Waals surface area (Å²) in [4.78, 5) is 2.26. The molecule has 0 amide bonds. The summed E-state index contributed by atoms with van der Waals surface area (Å²) in [7, 11) is 0. The third kappa shape index (κ3) is 2.25. The van der Waals surface area contributed by atoms with Crippen LogP contribution in [0.25, 0.3) is 0 Å². The van der Waals surface area contributed by atoms with Gasteiger partial charge in [0.1, 0.15) is 0 Å². The Balaban J connectivity index is 1.79. The summed E-state index contributed by atoms with van der Waals surface area (Å²) < 4.78 is 11.2. The second kappa shape index (κ2) is 4.14. The summed E-state index contributed by atoms with van der Waals surface area (Å²) in [5.41, 5.74) is 0. The fraction of sp³-hybridized carbons (Fsp3) is 1.00. The smallest absolute Gasteiger partial charge is 0.170 e. The highest BCUT2D eigenvalue weighted by atomic mass is 16.7. The number of aliphatic hydroxyl groups is 1. The predicted molar refractivity (Wildman–Crippen MR) is 52.0 cm³/mol. The molecule has 14 heavy (non-hydrogen) atoms. The van der Waals surface area contributed by atoms with Gasteiger partial charge in [-0.2, -0.15) is 0 Å². The summed E-state index contributed by atoms with van der Waals surface area (Å²) in [6.45, 7) is 5.98. The molecule has 0 aromatic rings. The van der Waals surface area contributed by atoms with Crippen molar-refractivity contribution in [3.8, 4) is 0 Å². The molecule has 2 aliphatic rings. The Morgan fingerprint density at radius 1 is 1.29 bits per heavy atom. The molecule has 1 unspecified atom stereocenters. The van der Waals surface area contributed by atoms with Crippen molar-refractivity contribution in [1.29, 1.82) is 0 Å². The number of β-amino-alcohol motifs (C(OH)–C–C–N with tert-alkyl or cyclic N) is 1. The molecule has 1 N–H and O–H groups in total. The number of ether oxygens (including phenoxy) is 2. The molecule has 82 valence electrons. The van der Waals surface area contributed by atoms with E-state index in [0.29, 0.717) is 0 Å². The molecule has 0 aromatic heterocycles. The van der Waals surface area contributed by atoms with Crippen molar-refractivity contribution < 1.29 is 14.6 Å². The van der Waals surface area contributed by atoms with E-state index in [1.807, 2.05) is 6.92 Å². The lowest BCUT2D eigenvalue weighted by molar-refractivity contribution is -0.186. The van der Waals surface area contributed by atoms with Gasteiger partial charge in [0.25, 0.3) is 0 Å². The van der Waals surface area contributed by atoms with Gasteiger partial charge in [0.15, 0.2) is 5.79 Å². The van der Waals surface area contributed by atoms with Crippen molar-refractivity contribution in [1.82, 2.24) is 4.90 Å². The Bertz CT molecular complexity index is 180. The van der Waals surface area contributed by atoms with E-state index in [1.165, 1.54) is 0 Å². The van der Waals surface area contributed by atoms with Crippen molar-refractivity contribution in [2.24, 2.45) is 0 Å². The van der Waals surface area contributed by atoms with Crippen molar-refractivity contribution in [3.63, 3.8) is 0 Å². The normalized spacial score (nSPS) is 29.6. The van der Waals surface area contributed by atoms with Crippen LogP contribution in [0.2, 0.25) is 0 Å². The van der Waals surface area contributed by atoms with Crippen molar-refractivity contribution in [2.45, 2.75) is 31.7 Å². The van der Waals surface area contributed by atoms with Gasteiger partial charge in [-0.15, -0.1) is 0 Å². The first-order chi connectivity index (χ1) is 6.70. The molecule has 2 heterocycles. The number of piperidine rings is 1. The molecule has 4 nitrogen and oxygen atoms in total. The fourth-order valence-electron chi connectivity index (χ4n) is 2.24. The lowest BCUT2D eigenvalue weighted by atomic mass is 10.0. The van der Waals surface area contributed by atoms with Crippen LogP contribution >= 0.6 is 0 Å². The number of hydrogen-bond donors (Lipinski definition) is 1. The van der Waals surface area contributed by atoms with E-state index >= 15 is 0 Å². The Morgan fingerprint density at radius 2 is 1.86 bits per heavy atom. The minimum atomic E-state index is -0.283. The van der Waals surface area contributed by atoms with E-state index < -0.39 is 0 Å². The molecule has 1 atom stereocenters. The maximum atomic E-state index is 9.26. The monoisotopic (exact) mass is 201 g/mol. The van der Waals surface area contributed by atoms with E-state index in [2.05, 4.69) is 4.90 Å². The van der Waals surface area contributed by atoms with Crippen LogP contribution in [-0.4, -0.2) is 54.7 Å². The molecule has 2 rings (SSSR count). The molecule has 0 aromatic carbocycles. The zero-order valence-electron chi connectivity index (χ0n) is 8.74. The van der Waals surface area contributed by atoms with Gasteiger partial charge in [-0.25, -0.2) is 0 Å². The highest BCUT2D eigenvalue weighted by molar-refractivity contribution is 4.82. The maximum Gasteiger partial charge on any atom is 0.170 e. The van der Waals surface area contributed by atoms with Gasteiger partial charge in [0.05, 0.1) is 19.3 Å². The van der Waals surface area contributed by atoms with Crippen LogP contribution in [0.1, 0.15) is 19.8 Å². The largest absolute Gasteiger partial charge is 0.392 e. The van der Waals surface area contributed by atoms with Crippen LogP contribution in [0.5, 0.6) is 0 Å². The van der Waals surface area contributed by atoms with Crippen molar-refractivity contribution in [2.75, 3.05) is 32.8 Å². The third-order valence-electron chi connectivity index (χ3n) is 2.95. The Kier molecular flexibility index (Phi) is 3.07. The lowest BCUT2D eigenvalue weighted by Crippen LogP contribution is -2.46. The quantitative estimate of drug-likeness (QED) is 0.693. The predicted octanol–water partition coefficient (Wildman–Crippen LogP) is 0.206. The van der Waals surface area contributed by atoms with Gasteiger partial charge in [-0.05, 0) is 6.92 Å². The Hall–Kier alpha value is -0.160. The van der Waals surface area contributed by atoms with E-state index in [4.69, 9.17) is 9.47 Å². The van der Waals surface area contributed by atoms with Crippen LogP contribution < -0.4 is 0 Å². The van der Waals surface area contributed by atoms with Crippen LogP contribution in [0.3, 0.4) is 0 Å². The molecular weight excluding hydrogens is 182 g/mol. The second-order valence-electron chi connectivity index (χ2n) is 4.26. The highest BCUT2D eigenvalue weighted by Gasteiger charge is 2.39. The van der Waals surface area contributed by atoms with Crippen molar-refractivity contribution in [3.05, 3.63) is 0 Å². The number of rotatable bonds is 2. The van der Waals surface area contributed by atoms with E-state index in [-0.39, 0.29) is 11.9 Å². The van der Waals surface area contributed by atoms with Gasteiger partial charge in [0, 0.05) is 32.5 Å². The molecule has 0 bridgehead atoms. The fourth-order valence-corrected chi connectivity index (χ4v) is 2.24. The SMILES string of the molecule is CC(O)CN1CCC2(CC1)OCCO2. The molecule has 4 heteroatoms. The maximum absolute atomic E-state index is 9.26. The Labute approximate surface area is 84.8 Å². The molecule has 0 saturated carbocycles. The number of likely N-dealkylation sites (tertiary alicyclic amines) is 1. The summed E-state index contributed by atoms with van der Waals surface area (Å²) in [5, 5.41) is 9.26. The molecule has 2 fully saturated rings. The summed E-state index contributed by atoms with van der Waals surface area (Å²) >= 11 is 0. The number of nitrogens with zero attached hydrogens (tertiary/aromatic N) is 1. The molecule has 1 spiro atoms. The zero-order valence-corrected chi connectivity index (χ0v) is 8.74. The highest BCUT2D eigenvalue weighted by Crippen LogP contribution is 2.31. The van der Waals surface area contributed by atoms with Crippen molar-refractivity contribution >= 4 is 0 Å². The molecular formula is C10H19NO3. The Morgan fingerprint density at radius 3 is 2.36 bits per heavy atom. The van der Waals surface area contributed by atoms with Crippen LogP contribution in [0, 0.1) is 0 Å². The minimum Gasteiger partial charge on any atom is -0.392 e. The van der Waals surface area contributed by atoms with Gasteiger partial charge in [-0.1, -0.05) is 0 Å². The first-order valence-electron chi connectivity index (χ1n) is 5.39. The first kappa shape index (κ1) is 10.4. The van der Waals surface area contributed by atoms with Crippen LogP contribution in [0.4, 0.5) is 0 Å². The van der Waals surface area contributed by atoms with Crippen LogP contribution in [-0.2, 0) is 9.47 Å². The minimum absolute atomic E-state index is 0.241. The zero-order chi connectivity index (χ0) is 10.0. The van der Waals surface area contributed by atoms with Gasteiger partial charge < -0.3 is 19.5 Å². The first-order valence-corrected chi connectivity index (χ1v) is 5.39. The molecule has 0 aliphatic carbocycles. The van der Waals surface area contributed by atoms with E-state index in [0.717, 1.165) is 45.7 Å². The molecule has 0 radical (unpaired) electrons. The second-order valence-corrected chi connectivity index (χ2v) is 4.26. The van der Waals surface area contributed by atoms with Crippen LogP contribution in [0.15, 0.2) is 0 Å². The lowest BCUT2D eigenvalue weighted by Gasteiger charge is -2.37. The number of aliphatic hydroxyl groups excluding tert-OH is 1. The number of hydrogen-bond acceptors (Lipinski definition) is 4. The molecule has 2 aliphatic heterocycles. The average Bonchev–Trinajstić information content (AvgIpc) is 2.58. The average molecular weight is 201 g/mol. The van der Waals surface area contributed by atoms with E-state index in [1.54, 1.807) is 0 Å². The van der Waals surface area contributed by atoms with Gasteiger partial charge in [0.2, 0.25) is 0 Å². The van der Waals surface area contributed by atoms with Gasteiger partial charge >= 0.3 is 0 Å². The van der Waals surface area contributed by atoms with E-state index in [9.17, 15) is 5.11 Å². The van der Waals surface area contributed by atoms with Gasteiger partial charge in [-0.3, -0.25) is 0 Å².